The number of hydrogen-bond donors (Lipinski definition) is 0. The first-order valence-corrected chi connectivity index (χ1v) is 43.9. The molecule has 1 atom stereocenters. The predicted octanol–water partition coefficient (Wildman–Crippen LogP) is 31.1. The molecule has 2 heteroatoms. The third-order valence-corrected chi connectivity index (χ3v) is 27.8. The van der Waals surface area contributed by atoms with Gasteiger partial charge in [0.2, 0.25) is 0 Å². The zero-order chi connectivity index (χ0) is 83.3. The SMILES string of the molecule is c1ccc(-c2ccccc2N(c2ccc3c(c2)-c2ccccc2C3(c2ccccc2)c2ccccc2)c2ccc3c(c2)-c2ccccc2C3(c2ccccc2)c2cccc(-c3ccc(-c4ccc(N(c5ccc6c(c5)-c5ccccc5C6(c5ccccc5)c5ccccc5)c5ccc6c(c5)-c5ccccc5C6(c5ccccc5)c5ccccc5)cc4)cc3)c2)cc1. The summed E-state index contributed by atoms with van der Waals surface area (Å²) in [5, 5.41) is 0. The molecule has 0 aromatic heterocycles. The molecule has 0 amide bonds. The van der Waals surface area contributed by atoms with E-state index < -0.39 is 21.7 Å². The van der Waals surface area contributed by atoms with Gasteiger partial charge in [0.25, 0.3) is 0 Å². The number of nitrogens with zero attached hydrogens (tertiary/aromatic N) is 2. The van der Waals surface area contributed by atoms with Crippen molar-refractivity contribution >= 4 is 34.1 Å². The fourth-order valence-corrected chi connectivity index (χ4v) is 22.6. The molecule has 20 aromatic rings. The highest BCUT2D eigenvalue weighted by atomic mass is 15.2. The van der Waals surface area contributed by atoms with E-state index >= 15 is 0 Å². The Bertz CT molecular complexity index is 7240. The third-order valence-electron chi connectivity index (χ3n) is 27.8. The van der Waals surface area contributed by atoms with E-state index in [-0.39, 0.29) is 0 Å². The van der Waals surface area contributed by atoms with Gasteiger partial charge in [-0.2, -0.15) is 0 Å². The largest absolute Gasteiger partial charge is 0.310 e. The van der Waals surface area contributed by atoms with E-state index in [2.05, 4.69) is 519 Å². The van der Waals surface area contributed by atoms with Crippen molar-refractivity contribution in [2.75, 3.05) is 9.80 Å². The van der Waals surface area contributed by atoms with Gasteiger partial charge in [0, 0.05) is 34.0 Å². The van der Waals surface area contributed by atoms with Gasteiger partial charge in [-0.1, -0.05) is 437 Å². The van der Waals surface area contributed by atoms with Crippen molar-refractivity contribution in [3.63, 3.8) is 0 Å². The van der Waals surface area contributed by atoms with Crippen LogP contribution in [0.25, 0.3) is 77.9 Å². The number of hydrogen-bond acceptors (Lipinski definition) is 2. The summed E-state index contributed by atoms with van der Waals surface area (Å²) in [6.45, 7) is 0. The summed E-state index contributed by atoms with van der Waals surface area (Å²) in [6.07, 6.45) is 0. The topological polar surface area (TPSA) is 6.48 Å². The third kappa shape index (κ3) is 11.2. The highest BCUT2D eigenvalue weighted by molar-refractivity contribution is 5.98. The molecule has 0 saturated carbocycles. The molecule has 20 aromatic carbocycles. The minimum absolute atomic E-state index is 0.538. The lowest BCUT2D eigenvalue weighted by Crippen LogP contribution is -2.28. The van der Waals surface area contributed by atoms with Crippen molar-refractivity contribution in [2.45, 2.75) is 21.7 Å². The van der Waals surface area contributed by atoms with Crippen LogP contribution < -0.4 is 9.80 Å². The zero-order valence-electron chi connectivity index (χ0n) is 69.4. The van der Waals surface area contributed by atoms with Gasteiger partial charge in [-0.25, -0.2) is 0 Å². The zero-order valence-corrected chi connectivity index (χ0v) is 69.4. The lowest BCUT2D eigenvalue weighted by molar-refractivity contribution is 0.768. The molecular weight excluding hydrogens is 1520 g/mol. The number of anilines is 6. The monoisotopic (exact) mass is 1600 g/mol. The van der Waals surface area contributed by atoms with Crippen LogP contribution in [0.5, 0.6) is 0 Å². The maximum absolute atomic E-state index is 2.52. The van der Waals surface area contributed by atoms with E-state index in [9.17, 15) is 0 Å². The molecule has 0 heterocycles. The van der Waals surface area contributed by atoms with Crippen LogP contribution in [0.4, 0.5) is 34.1 Å². The van der Waals surface area contributed by atoms with Gasteiger partial charge >= 0.3 is 0 Å². The predicted molar refractivity (Wildman–Crippen MR) is 521 cm³/mol. The standard InChI is InChI=1S/C124H84N2/c1-9-36-88(37-10-1)103-54-29-34-63-120(103)126(101-74-78-118-110(83-101)106-57-27-32-61-114(106)123(118,94-47-19-6-20-48-94)95-49-21-7-22-50-95)102-75-79-119-111(84-102)107-58-28-33-62-115(107)124(119,96-51-23-8-24-52-96)97-53-35-38-89(80-97)87-66-64-85(65-67-87)86-68-70-98(71-69-86)125(99-72-76-116-108(81-99)104-55-25-30-59-112(104)121(116,90-39-11-2-12-40-90)91-41-13-3-14-42-91)100-73-77-117-109(82-100)105-56-26-31-60-113(105)122(117,92-43-15-4-16-44-92)93-45-17-5-18-46-93/h1-84H. The molecular formula is C124H84N2. The minimum Gasteiger partial charge on any atom is -0.310 e. The number of rotatable bonds is 17. The molecule has 126 heavy (non-hydrogen) atoms. The van der Waals surface area contributed by atoms with Crippen LogP contribution in [0, 0.1) is 0 Å². The van der Waals surface area contributed by atoms with Crippen molar-refractivity contribution in [3.05, 3.63) is 599 Å². The molecule has 590 valence electrons. The average molecular weight is 1600 g/mol. The summed E-state index contributed by atoms with van der Waals surface area (Å²) in [5.74, 6) is 0. The van der Waals surface area contributed by atoms with Gasteiger partial charge in [0.05, 0.1) is 27.3 Å². The molecule has 0 spiro atoms. The van der Waals surface area contributed by atoms with E-state index in [1.54, 1.807) is 0 Å². The van der Waals surface area contributed by atoms with Gasteiger partial charge in [-0.05, 0) is 234 Å². The van der Waals surface area contributed by atoms with E-state index in [0.29, 0.717) is 0 Å². The second kappa shape index (κ2) is 30.0. The lowest BCUT2D eigenvalue weighted by Gasteiger charge is -2.35. The molecule has 2 nitrogen and oxygen atoms in total. The summed E-state index contributed by atoms with van der Waals surface area (Å²) in [4.78, 5) is 5.00. The average Bonchev–Trinajstić information content (AvgIpc) is 1.56. The second-order valence-electron chi connectivity index (χ2n) is 33.9. The summed E-state index contributed by atoms with van der Waals surface area (Å²) >= 11 is 0. The first-order valence-electron chi connectivity index (χ1n) is 43.9. The highest BCUT2D eigenvalue weighted by Gasteiger charge is 2.51. The van der Waals surface area contributed by atoms with Crippen LogP contribution in [0.3, 0.4) is 0 Å². The Balaban J connectivity index is 0.615. The van der Waals surface area contributed by atoms with Crippen LogP contribution in [0.15, 0.2) is 510 Å². The van der Waals surface area contributed by atoms with Gasteiger partial charge in [0.1, 0.15) is 0 Å². The van der Waals surface area contributed by atoms with Crippen molar-refractivity contribution in [2.24, 2.45) is 0 Å². The molecule has 4 aliphatic carbocycles. The van der Waals surface area contributed by atoms with Crippen molar-refractivity contribution in [1.82, 2.24) is 0 Å². The number of fused-ring (bicyclic) bond motifs is 12. The number of benzene rings is 20. The lowest BCUT2D eigenvalue weighted by atomic mass is 9.67. The molecule has 24 rings (SSSR count). The first-order chi connectivity index (χ1) is 62.5. The smallest absolute Gasteiger partial charge is 0.0713 e. The van der Waals surface area contributed by atoms with E-state index in [4.69, 9.17) is 0 Å². The Morgan fingerprint density at radius 2 is 0.341 bits per heavy atom. The van der Waals surface area contributed by atoms with Crippen molar-refractivity contribution in [3.8, 4) is 77.9 Å². The molecule has 4 aliphatic rings. The fraction of sp³-hybridized carbons (Fsp3) is 0.0323. The minimum atomic E-state index is -0.683. The van der Waals surface area contributed by atoms with Gasteiger partial charge in [-0.3, -0.25) is 0 Å². The van der Waals surface area contributed by atoms with Gasteiger partial charge in [0.15, 0.2) is 0 Å². The van der Waals surface area contributed by atoms with Crippen LogP contribution in [-0.2, 0) is 21.7 Å². The van der Waals surface area contributed by atoms with Crippen LogP contribution in [0.2, 0.25) is 0 Å². The molecule has 0 radical (unpaired) electrons. The Labute approximate surface area is 736 Å². The molecule has 0 N–H and O–H groups in total. The Morgan fingerprint density at radius 1 is 0.119 bits per heavy atom. The van der Waals surface area contributed by atoms with Gasteiger partial charge in [-0.15, -0.1) is 0 Å². The summed E-state index contributed by atoms with van der Waals surface area (Å²) in [5.41, 5.74) is 40.9. The van der Waals surface area contributed by atoms with Crippen molar-refractivity contribution in [1.29, 1.82) is 0 Å². The fourth-order valence-electron chi connectivity index (χ4n) is 22.6. The molecule has 0 aliphatic heterocycles. The summed E-state index contributed by atoms with van der Waals surface area (Å²) < 4.78 is 0. The van der Waals surface area contributed by atoms with E-state index in [1.807, 2.05) is 0 Å². The Morgan fingerprint density at radius 3 is 0.667 bits per heavy atom. The molecule has 0 fully saturated rings. The molecule has 0 bridgehead atoms. The first kappa shape index (κ1) is 73.9. The quantitative estimate of drug-likeness (QED) is 0.0896. The summed E-state index contributed by atoms with van der Waals surface area (Å²) in [7, 11) is 0. The van der Waals surface area contributed by atoms with Gasteiger partial charge < -0.3 is 9.80 Å². The second-order valence-corrected chi connectivity index (χ2v) is 33.9. The van der Waals surface area contributed by atoms with E-state index in [0.717, 1.165) is 67.5 Å². The van der Waals surface area contributed by atoms with Crippen LogP contribution >= 0.6 is 0 Å². The van der Waals surface area contributed by atoms with Crippen molar-refractivity contribution < 1.29 is 0 Å². The van der Waals surface area contributed by atoms with Crippen LogP contribution in [-0.4, -0.2) is 0 Å². The van der Waals surface area contributed by atoms with E-state index in [1.165, 1.54) is 134 Å². The Kier molecular flexibility index (Phi) is 17.6. The Hall–Kier alpha value is -16.0. The maximum atomic E-state index is 2.52. The maximum Gasteiger partial charge on any atom is 0.0713 e. The van der Waals surface area contributed by atoms with Crippen LogP contribution in [0.1, 0.15) is 89.0 Å². The summed E-state index contributed by atoms with van der Waals surface area (Å²) in [6, 6.07) is 191. The number of para-hydroxylation sites is 1. The molecule has 1 unspecified atom stereocenters. The normalized spacial score (nSPS) is 14.6. The highest BCUT2D eigenvalue weighted by Crippen LogP contribution is 2.64. The molecule has 0 saturated heterocycles.